The van der Waals surface area contributed by atoms with Crippen LogP contribution in [-0.4, -0.2) is 4.55 Å². The van der Waals surface area contributed by atoms with E-state index in [1.807, 2.05) is 18.2 Å². The van der Waals surface area contributed by atoms with E-state index in [0.29, 0.717) is 4.90 Å². The summed E-state index contributed by atoms with van der Waals surface area (Å²) < 4.78 is 27.0. The molecule has 0 bridgehead atoms. The van der Waals surface area contributed by atoms with E-state index in [1.54, 1.807) is 12.1 Å². The summed E-state index contributed by atoms with van der Waals surface area (Å²) in [6, 6.07) is 12.0. The van der Waals surface area contributed by atoms with Gasteiger partial charge in [0.05, 0.1) is 0 Å². The Bertz CT molecular complexity index is 684. The molecule has 0 radical (unpaired) electrons. The zero-order valence-electron chi connectivity index (χ0n) is 10.6. The summed E-state index contributed by atoms with van der Waals surface area (Å²) in [7, 11) is 0. The lowest BCUT2D eigenvalue weighted by Gasteiger charge is -2.20. The molecule has 4 heteroatoms. The predicted molar refractivity (Wildman–Crippen MR) is 83.2 cm³/mol. The zero-order chi connectivity index (χ0) is 14.1. The van der Waals surface area contributed by atoms with Gasteiger partial charge in [0.2, 0.25) is 0 Å². The van der Waals surface area contributed by atoms with Crippen molar-refractivity contribution in [3.05, 3.63) is 70.0 Å². The lowest BCUT2D eigenvalue weighted by Crippen LogP contribution is -2.10. The van der Waals surface area contributed by atoms with Gasteiger partial charge in [-0.15, -0.1) is 0 Å². The van der Waals surface area contributed by atoms with Crippen LogP contribution in [0.25, 0.3) is 4.91 Å². The van der Waals surface area contributed by atoms with Gasteiger partial charge < -0.3 is 4.55 Å². The molecule has 2 aromatic rings. The summed E-state index contributed by atoms with van der Waals surface area (Å²) in [6.07, 6.45) is 3.80. The number of allylic oxidation sites excluding steroid dienone is 1. The number of halogens is 2. The van der Waals surface area contributed by atoms with E-state index in [1.165, 1.54) is 17.7 Å². The molecule has 1 nitrogen and oxygen atoms in total. The number of hydrogen-bond donors (Lipinski definition) is 0. The highest BCUT2D eigenvalue weighted by Crippen LogP contribution is 2.35. The Labute approximate surface area is 128 Å². The largest absolute Gasteiger partial charge is 0.606 e. The van der Waals surface area contributed by atoms with Crippen molar-refractivity contribution < 1.29 is 8.94 Å². The first-order chi connectivity index (χ1) is 9.65. The highest BCUT2D eigenvalue weighted by molar-refractivity contribution is 9.10. The topological polar surface area (TPSA) is 23.1 Å². The van der Waals surface area contributed by atoms with Crippen LogP contribution in [0.15, 0.2) is 57.9 Å². The Morgan fingerprint density at radius 1 is 1.15 bits per heavy atom. The molecule has 2 aromatic carbocycles. The molecule has 102 valence electrons. The Hall–Kier alpha value is -1.10. The van der Waals surface area contributed by atoms with Crippen molar-refractivity contribution in [2.75, 3.05) is 0 Å². The molecular formula is C16H12BrFOS. The molecule has 3 rings (SSSR count). The van der Waals surface area contributed by atoms with E-state index in [9.17, 15) is 8.94 Å². The van der Waals surface area contributed by atoms with Crippen molar-refractivity contribution in [1.82, 2.24) is 0 Å². The minimum atomic E-state index is -1.34. The molecule has 1 unspecified atom stereocenters. The monoisotopic (exact) mass is 350 g/mol. The smallest absolute Gasteiger partial charge is 0.161 e. The van der Waals surface area contributed by atoms with Crippen LogP contribution in [-0.2, 0) is 17.6 Å². The number of benzene rings is 2. The van der Waals surface area contributed by atoms with Crippen LogP contribution in [0.2, 0.25) is 0 Å². The fourth-order valence-electron chi connectivity index (χ4n) is 2.36. The maximum absolute atomic E-state index is 13.3. The first kappa shape index (κ1) is 13.9. The zero-order valence-corrected chi connectivity index (χ0v) is 13.0. The highest BCUT2D eigenvalue weighted by atomic mass is 79.9. The Balaban J connectivity index is 2.01. The van der Waals surface area contributed by atoms with Gasteiger partial charge in [0.25, 0.3) is 0 Å². The van der Waals surface area contributed by atoms with Gasteiger partial charge in [-0.05, 0) is 54.8 Å². The van der Waals surface area contributed by atoms with Crippen molar-refractivity contribution in [2.24, 2.45) is 0 Å². The van der Waals surface area contributed by atoms with Crippen LogP contribution < -0.4 is 0 Å². The van der Waals surface area contributed by atoms with Crippen molar-refractivity contribution >= 4 is 32.0 Å². The molecule has 0 aliphatic heterocycles. The minimum Gasteiger partial charge on any atom is -0.606 e. The molecule has 1 atom stereocenters. The fraction of sp³-hybridized carbons (Fsp3) is 0.125. The lowest BCUT2D eigenvalue weighted by molar-refractivity contribution is 0.598. The summed E-state index contributed by atoms with van der Waals surface area (Å²) in [6.45, 7) is 0. The van der Waals surface area contributed by atoms with Gasteiger partial charge in [-0.25, -0.2) is 4.39 Å². The van der Waals surface area contributed by atoms with Gasteiger partial charge in [-0.3, -0.25) is 0 Å². The quantitative estimate of drug-likeness (QED) is 0.721. The third-order valence-corrected chi connectivity index (χ3v) is 5.25. The molecule has 0 aromatic heterocycles. The van der Waals surface area contributed by atoms with E-state index in [0.717, 1.165) is 27.8 Å². The second-order valence-corrected chi connectivity index (χ2v) is 7.00. The van der Waals surface area contributed by atoms with Crippen molar-refractivity contribution in [1.29, 1.82) is 0 Å². The summed E-state index contributed by atoms with van der Waals surface area (Å²) in [5.74, 6) is -0.358. The summed E-state index contributed by atoms with van der Waals surface area (Å²) in [5.41, 5.74) is 2.18. The number of rotatable bonds is 2. The standard InChI is InChI=1S/C16H12BrFOS/c17-12-7-8-15-11(9-12)3-1-6-16(15)20(19)14-5-2-4-13(18)10-14/h2,4-10H,1,3H2. The second kappa shape index (κ2) is 5.72. The van der Waals surface area contributed by atoms with Crippen molar-refractivity contribution in [3.63, 3.8) is 0 Å². The molecule has 0 N–H and O–H groups in total. The highest BCUT2D eigenvalue weighted by Gasteiger charge is 2.25. The van der Waals surface area contributed by atoms with Crippen molar-refractivity contribution in [2.45, 2.75) is 17.7 Å². The fourth-order valence-corrected chi connectivity index (χ4v) is 4.12. The van der Waals surface area contributed by atoms with E-state index >= 15 is 0 Å². The molecule has 1 aliphatic rings. The van der Waals surface area contributed by atoms with Gasteiger partial charge in [0, 0.05) is 27.3 Å². The molecule has 20 heavy (non-hydrogen) atoms. The van der Waals surface area contributed by atoms with Gasteiger partial charge in [0.1, 0.15) is 5.82 Å². The minimum absolute atomic E-state index is 0.358. The third kappa shape index (κ3) is 2.68. The van der Waals surface area contributed by atoms with Crippen LogP contribution >= 0.6 is 15.9 Å². The first-order valence-corrected chi connectivity index (χ1v) is 8.26. The Morgan fingerprint density at radius 3 is 2.80 bits per heavy atom. The first-order valence-electron chi connectivity index (χ1n) is 6.31. The Morgan fingerprint density at radius 2 is 2.00 bits per heavy atom. The van der Waals surface area contributed by atoms with Gasteiger partial charge in [-0.1, -0.05) is 22.0 Å². The third-order valence-electron chi connectivity index (χ3n) is 3.29. The molecule has 0 saturated carbocycles. The van der Waals surface area contributed by atoms with Gasteiger partial charge in [0.15, 0.2) is 9.80 Å². The molecule has 0 saturated heterocycles. The maximum Gasteiger partial charge on any atom is 0.161 e. The summed E-state index contributed by atoms with van der Waals surface area (Å²) >= 11 is 2.11. The summed E-state index contributed by atoms with van der Waals surface area (Å²) in [4.78, 5) is 1.29. The maximum atomic E-state index is 13.3. The van der Waals surface area contributed by atoms with Crippen LogP contribution in [0.4, 0.5) is 4.39 Å². The molecular weight excluding hydrogens is 339 g/mol. The van der Waals surface area contributed by atoms with Crippen LogP contribution in [0.5, 0.6) is 0 Å². The number of hydrogen-bond acceptors (Lipinski definition) is 1. The van der Waals surface area contributed by atoms with E-state index < -0.39 is 11.2 Å². The van der Waals surface area contributed by atoms with Crippen LogP contribution in [0, 0.1) is 5.82 Å². The normalized spacial score (nSPS) is 15.4. The van der Waals surface area contributed by atoms with E-state index in [4.69, 9.17) is 0 Å². The van der Waals surface area contributed by atoms with Crippen LogP contribution in [0.1, 0.15) is 17.5 Å². The lowest BCUT2D eigenvalue weighted by atomic mass is 9.97. The van der Waals surface area contributed by atoms with E-state index in [-0.39, 0.29) is 5.82 Å². The molecule has 1 aliphatic carbocycles. The van der Waals surface area contributed by atoms with Crippen molar-refractivity contribution in [3.8, 4) is 0 Å². The SMILES string of the molecule is [O-][S+](C1=CCCc2cc(Br)ccc21)c1cccc(F)c1. The van der Waals surface area contributed by atoms with Gasteiger partial charge in [-0.2, -0.15) is 0 Å². The van der Waals surface area contributed by atoms with Crippen LogP contribution in [0.3, 0.4) is 0 Å². The molecule has 0 spiro atoms. The number of aryl methyl sites for hydroxylation is 1. The predicted octanol–water partition coefficient (Wildman–Crippen LogP) is 4.68. The second-order valence-electron chi connectivity index (χ2n) is 4.63. The summed E-state index contributed by atoms with van der Waals surface area (Å²) in [5, 5.41) is 0. The molecule has 0 fully saturated rings. The average Bonchev–Trinajstić information content (AvgIpc) is 2.45. The number of fused-ring (bicyclic) bond motifs is 1. The van der Waals surface area contributed by atoms with Gasteiger partial charge >= 0.3 is 0 Å². The average molecular weight is 351 g/mol. The molecule has 0 amide bonds. The Kier molecular flexibility index (Phi) is 3.96. The van der Waals surface area contributed by atoms with E-state index in [2.05, 4.69) is 22.0 Å². The molecule has 0 heterocycles.